The van der Waals surface area contributed by atoms with Crippen molar-refractivity contribution in [2.75, 3.05) is 0 Å². The summed E-state index contributed by atoms with van der Waals surface area (Å²) >= 11 is 1.59. The number of Topliss-reactive ketones (excluding diaryl/α,β-unsaturated/α-hetero) is 1. The lowest BCUT2D eigenvalue weighted by atomic mass is 10.1. The van der Waals surface area contributed by atoms with Gasteiger partial charge in [0.15, 0.2) is 11.2 Å². The van der Waals surface area contributed by atoms with E-state index in [1.165, 1.54) is 0 Å². The van der Waals surface area contributed by atoms with Crippen LogP contribution in [0.5, 0.6) is 0 Å². The number of hydrogen-bond acceptors (Lipinski definition) is 4. The van der Waals surface area contributed by atoms with E-state index in [-0.39, 0.29) is 5.78 Å². The molecule has 0 aliphatic heterocycles. The first-order chi connectivity index (χ1) is 10.7. The maximum Gasteiger partial charge on any atom is 0.197 e. The number of carbonyl (C=O) groups is 1. The maximum absolute atomic E-state index is 12.9. The van der Waals surface area contributed by atoms with Gasteiger partial charge in [-0.05, 0) is 12.1 Å². The fourth-order valence-corrected chi connectivity index (χ4v) is 3.34. The predicted octanol–water partition coefficient (Wildman–Crippen LogP) is 3.95. The fourth-order valence-electron chi connectivity index (χ4n) is 2.29. The Morgan fingerprint density at radius 1 is 1.05 bits per heavy atom. The third-order valence-electron chi connectivity index (χ3n) is 3.28. The zero-order valence-electron chi connectivity index (χ0n) is 12.5. The number of fused-ring (bicyclic) bond motifs is 1. The van der Waals surface area contributed by atoms with Crippen molar-refractivity contribution in [2.24, 2.45) is 0 Å². The molecule has 112 valence electrons. The molecule has 0 fully saturated rings. The lowest BCUT2D eigenvalue weighted by molar-refractivity contribution is 0.0963. The molecule has 0 radical (unpaired) electrons. The standard InChI is InChI=1S/C17H17N3OS/c1-12(2)22-17(16(21)13-8-4-3-5-9-13)20-15-11-7-6-10-14(15)18-19-20/h3-12,17H,1-2H3. The first-order valence-electron chi connectivity index (χ1n) is 7.21. The number of aromatic nitrogens is 3. The highest BCUT2D eigenvalue weighted by molar-refractivity contribution is 8.00. The second-order valence-corrected chi connectivity index (χ2v) is 6.95. The van der Waals surface area contributed by atoms with Gasteiger partial charge in [0.1, 0.15) is 5.52 Å². The van der Waals surface area contributed by atoms with Crippen LogP contribution in [0.1, 0.15) is 29.6 Å². The van der Waals surface area contributed by atoms with Crippen LogP contribution in [0.4, 0.5) is 0 Å². The molecule has 0 amide bonds. The Morgan fingerprint density at radius 2 is 1.73 bits per heavy atom. The van der Waals surface area contributed by atoms with Crippen molar-refractivity contribution in [3.8, 4) is 0 Å². The zero-order chi connectivity index (χ0) is 15.5. The summed E-state index contributed by atoms with van der Waals surface area (Å²) in [6, 6.07) is 17.1. The number of nitrogens with zero attached hydrogens (tertiary/aromatic N) is 3. The molecule has 0 aliphatic carbocycles. The molecule has 5 heteroatoms. The summed E-state index contributed by atoms with van der Waals surface area (Å²) < 4.78 is 1.73. The van der Waals surface area contributed by atoms with E-state index in [4.69, 9.17) is 0 Å². The van der Waals surface area contributed by atoms with E-state index in [0.717, 1.165) is 11.0 Å². The highest BCUT2D eigenvalue weighted by Gasteiger charge is 2.26. The van der Waals surface area contributed by atoms with E-state index in [9.17, 15) is 4.79 Å². The summed E-state index contributed by atoms with van der Waals surface area (Å²) in [6.45, 7) is 4.16. The van der Waals surface area contributed by atoms with Gasteiger partial charge in [0.05, 0.1) is 5.52 Å². The molecule has 1 unspecified atom stereocenters. The molecule has 0 saturated carbocycles. The van der Waals surface area contributed by atoms with Crippen LogP contribution in [0.2, 0.25) is 0 Å². The Morgan fingerprint density at radius 3 is 2.45 bits per heavy atom. The second kappa shape index (κ2) is 6.32. The van der Waals surface area contributed by atoms with Gasteiger partial charge in [0.25, 0.3) is 0 Å². The lowest BCUT2D eigenvalue weighted by Crippen LogP contribution is -2.20. The SMILES string of the molecule is CC(C)SC(C(=O)c1ccccc1)n1nnc2ccccc21. The minimum Gasteiger partial charge on any atom is -0.291 e. The molecule has 0 saturated heterocycles. The van der Waals surface area contributed by atoms with Gasteiger partial charge in [0, 0.05) is 10.8 Å². The number of carbonyl (C=O) groups excluding carboxylic acids is 1. The molecule has 1 heterocycles. The number of hydrogen-bond donors (Lipinski definition) is 0. The van der Waals surface area contributed by atoms with Crippen molar-refractivity contribution in [1.29, 1.82) is 0 Å². The highest BCUT2D eigenvalue weighted by Crippen LogP contribution is 2.32. The molecule has 4 nitrogen and oxygen atoms in total. The van der Waals surface area contributed by atoms with Gasteiger partial charge in [-0.3, -0.25) is 4.79 Å². The average Bonchev–Trinajstić information content (AvgIpc) is 2.96. The highest BCUT2D eigenvalue weighted by atomic mass is 32.2. The Balaban J connectivity index is 2.05. The van der Waals surface area contributed by atoms with Gasteiger partial charge in [0.2, 0.25) is 0 Å². The molecule has 0 bridgehead atoms. The van der Waals surface area contributed by atoms with E-state index >= 15 is 0 Å². The van der Waals surface area contributed by atoms with Gasteiger partial charge in [-0.2, -0.15) is 0 Å². The molecular weight excluding hydrogens is 294 g/mol. The smallest absolute Gasteiger partial charge is 0.197 e. The Kier molecular flexibility index (Phi) is 4.24. The van der Waals surface area contributed by atoms with Crippen LogP contribution in [0.15, 0.2) is 54.6 Å². The molecule has 2 aromatic carbocycles. The third kappa shape index (κ3) is 2.90. The van der Waals surface area contributed by atoms with Crippen LogP contribution in [0.3, 0.4) is 0 Å². The van der Waals surface area contributed by atoms with Crippen LogP contribution in [0.25, 0.3) is 11.0 Å². The molecule has 0 N–H and O–H groups in total. The summed E-state index contributed by atoms with van der Waals surface area (Å²) in [5.41, 5.74) is 2.38. The molecular formula is C17H17N3OS. The molecule has 0 aliphatic rings. The topological polar surface area (TPSA) is 47.8 Å². The second-order valence-electron chi connectivity index (χ2n) is 5.29. The molecule has 22 heavy (non-hydrogen) atoms. The Hall–Kier alpha value is -2.14. The summed E-state index contributed by atoms with van der Waals surface area (Å²) in [5.74, 6) is 0.0509. The van der Waals surface area contributed by atoms with Crippen LogP contribution in [-0.2, 0) is 0 Å². The summed E-state index contributed by atoms with van der Waals surface area (Å²) in [5, 5.41) is 8.29. The largest absolute Gasteiger partial charge is 0.291 e. The van der Waals surface area contributed by atoms with Gasteiger partial charge in [-0.15, -0.1) is 16.9 Å². The number of para-hydroxylation sites is 1. The van der Waals surface area contributed by atoms with Crippen LogP contribution >= 0.6 is 11.8 Å². The van der Waals surface area contributed by atoms with E-state index in [2.05, 4.69) is 24.2 Å². The third-order valence-corrected chi connectivity index (χ3v) is 4.50. The van der Waals surface area contributed by atoms with Crippen molar-refractivity contribution >= 4 is 28.6 Å². The molecule has 1 aromatic heterocycles. The number of thioether (sulfide) groups is 1. The normalized spacial score (nSPS) is 12.7. The average molecular weight is 311 g/mol. The van der Waals surface area contributed by atoms with Crippen LogP contribution in [-0.4, -0.2) is 26.0 Å². The maximum atomic E-state index is 12.9. The minimum absolute atomic E-state index is 0.0509. The molecule has 0 spiro atoms. The summed E-state index contributed by atoms with van der Waals surface area (Å²) in [6.07, 6.45) is 0. The van der Waals surface area contributed by atoms with Gasteiger partial charge < -0.3 is 0 Å². The number of benzene rings is 2. The molecule has 1 atom stereocenters. The zero-order valence-corrected chi connectivity index (χ0v) is 13.3. The van der Waals surface area contributed by atoms with E-state index < -0.39 is 5.37 Å². The summed E-state index contributed by atoms with van der Waals surface area (Å²) in [7, 11) is 0. The van der Waals surface area contributed by atoms with E-state index in [0.29, 0.717) is 10.8 Å². The van der Waals surface area contributed by atoms with Crippen molar-refractivity contribution in [1.82, 2.24) is 15.0 Å². The van der Waals surface area contributed by atoms with Crippen molar-refractivity contribution in [3.05, 3.63) is 60.2 Å². The predicted molar refractivity (Wildman–Crippen MR) is 90.1 cm³/mol. The van der Waals surface area contributed by atoms with Crippen LogP contribution in [0, 0.1) is 0 Å². The Bertz CT molecular complexity index is 783. The number of rotatable bonds is 5. The Labute approximate surface area is 133 Å². The number of ketones is 1. The van der Waals surface area contributed by atoms with Gasteiger partial charge in [-0.25, -0.2) is 4.68 Å². The van der Waals surface area contributed by atoms with Crippen molar-refractivity contribution in [3.63, 3.8) is 0 Å². The quantitative estimate of drug-likeness (QED) is 0.669. The van der Waals surface area contributed by atoms with E-state index in [1.54, 1.807) is 16.4 Å². The van der Waals surface area contributed by atoms with E-state index in [1.807, 2.05) is 54.6 Å². The minimum atomic E-state index is -0.408. The lowest BCUT2D eigenvalue weighted by Gasteiger charge is -2.18. The molecule has 3 rings (SSSR count). The van der Waals surface area contributed by atoms with Crippen LogP contribution < -0.4 is 0 Å². The van der Waals surface area contributed by atoms with Gasteiger partial charge in [-0.1, -0.05) is 61.5 Å². The monoisotopic (exact) mass is 311 g/mol. The molecule has 3 aromatic rings. The van der Waals surface area contributed by atoms with Gasteiger partial charge >= 0.3 is 0 Å². The van der Waals surface area contributed by atoms with Crippen molar-refractivity contribution in [2.45, 2.75) is 24.5 Å². The first kappa shape index (κ1) is 14.8. The first-order valence-corrected chi connectivity index (χ1v) is 8.16. The summed E-state index contributed by atoms with van der Waals surface area (Å²) in [4.78, 5) is 12.9. The fraction of sp³-hybridized carbons (Fsp3) is 0.235. The van der Waals surface area contributed by atoms with Crippen molar-refractivity contribution < 1.29 is 4.79 Å².